The van der Waals surface area contributed by atoms with Gasteiger partial charge in [0.15, 0.2) is 0 Å². The van der Waals surface area contributed by atoms with Crippen molar-refractivity contribution in [3.8, 4) is 0 Å². The zero-order chi connectivity index (χ0) is 16.1. The number of thioether (sulfide) groups is 1. The third-order valence-electron chi connectivity index (χ3n) is 3.28. The van der Waals surface area contributed by atoms with Crippen LogP contribution < -0.4 is 5.32 Å². The summed E-state index contributed by atoms with van der Waals surface area (Å²) in [4.78, 5) is 13.3. The van der Waals surface area contributed by atoms with E-state index in [-0.39, 0.29) is 5.91 Å². The molecule has 2 aromatic rings. The molecule has 4 heteroatoms. The molecule has 1 heterocycles. The van der Waals surface area contributed by atoms with Gasteiger partial charge < -0.3 is 9.73 Å². The Morgan fingerprint density at radius 3 is 2.45 bits per heavy atom. The van der Waals surface area contributed by atoms with Gasteiger partial charge in [-0.2, -0.15) is 0 Å². The Morgan fingerprint density at radius 1 is 1.23 bits per heavy atom. The van der Waals surface area contributed by atoms with Crippen molar-refractivity contribution < 1.29 is 9.21 Å². The lowest BCUT2D eigenvalue weighted by atomic mass is 10.1. The van der Waals surface area contributed by atoms with Crippen molar-refractivity contribution in [2.75, 3.05) is 0 Å². The number of furan rings is 1. The molecule has 1 aromatic carbocycles. The predicted octanol–water partition coefficient (Wildman–Crippen LogP) is 4.26. The van der Waals surface area contributed by atoms with E-state index >= 15 is 0 Å². The molecule has 0 aliphatic carbocycles. The summed E-state index contributed by atoms with van der Waals surface area (Å²) in [6, 6.07) is 10.2. The first-order valence-electron chi connectivity index (χ1n) is 7.52. The van der Waals surface area contributed by atoms with Gasteiger partial charge in [0.05, 0.1) is 6.42 Å². The molecule has 0 radical (unpaired) electrons. The summed E-state index contributed by atoms with van der Waals surface area (Å²) in [6.45, 7) is 8.69. The summed E-state index contributed by atoms with van der Waals surface area (Å²) in [5.41, 5.74) is 2.07. The topological polar surface area (TPSA) is 42.2 Å². The number of aryl methyl sites for hydroxylation is 2. The molecule has 0 aliphatic rings. The third-order valence-corrected chi connectivity index (χ3v) is 4.30. The molecule has 118 valence electrons. The van der Waals surface area contributed by atoms with Gasteiger partial charge in [-0.3, -0.25) is 4.79 Å². The summed E-state index contributed by atoms with van der Waals surface area (Å²) in [5, 5.41) is 3.51. The van der Waals surface area contributed by atoms with Crippen LogP contribution in [0.3, 0.4) is 0 Å². The number of benzene rings is 1. The average Bonchev–Trinajstić information content (AvgIpc) is 2.76. The first kappa shape index (κ1) is 16.7. The molecule has 0 unspecified atom stereocenters. The maximum atomic E-state index is 12.0. The zero-order valence-electron chi connectivity index (χ0n) is 13.6. The standard InChI is InChI=1S/C18H23NO2S/c1-12(2)22-17-7-5-15(6-8-17)10-18(20)19-11-16-9-13(3)21-14(16)4/h5-9,12H,10-11H2,1-4H3,(H,19,20). The Labute approximate surface area is 136 Å². The van der Waals surface area contributed by atoms with Gasteiger partial charge in [-0.15, -0.1) is 11.8 Å². The molecular formula is C18H23NO2S. The molecule has 1 amide bonds. The van der Waals surface area contributed by atoms with Crippen molar-refractivity contribution in [2.24, 2.45) is 0 Å². The smallest absolute Gasteiger partial charge is 0.224 e. The Morgan fingerprint density at radius 2 is 1.91 bits per heavy atom. The SMILES string of the molecule is Cc1cc(CNC(=O)Cc2ccc(SC(C)C)cc2)c(C)o1. The van der Waals surface area contributed by atoms with Crippen molar-refractivity contribution in [1.29, 1.82) is 0 Å². The highest BCUT2D eigenvalue weighted by atomic mass is 32.2. The van der Waals surface area contributed by atoms with Crippen molar-refractivity contribution in [2.45, 2.75) is 50.8 Å². The van der Waals surface area contributed by atoms with Crippen LogP contribution in [0.5, 0.6) is 0 Å². The first-order valence-corrected chi connectivity index (χ1v) is 8.40. The van der Waals surface area contributed by atoms with Crippen LogP contribution in [0.25, 0.3) is 0 Å². The predicted molar refractivity (Wildman–Crippen MR) is 91.2 cm³/mol. The number of amides is 1. The summed E-state index contributed by atoms with van der Waals surface area (Å²) in [7, 11) is 0. The van der Waals surface area contributed by atoms with Gasteiger partial charge >= 0.3 is 0 Å². The number of carbonyl (C=O) groups excluding carboxylic acids is 1. The van der Waals surface area contributed by atoms with E-state index in [4.69, 9.17) is 4.42 Å². The summed E-state index contributed by atoms with van der Waals surface area (Å²) < 4.78 is 5.46. The lowest BCUT2D eigenvalue weighted by molar-refractivity contribution is -0.120. The van der Waals surface area contributed by atoms with Crippen LogP contribution in [0.4, 0.5) is 0 Å². The molecule has 1 N–H and O–H groups in total. The normalized spacial score (nSPS) is 11.0. The number of hydrogen-bond acceptors (Lipinski definition) is 3. The van der Waals surface area contributed by atoms with Crippen LogP contribution in [-0.2, 0) is 17.8 Å². The van der Waals surface area contributed by atoms with Gasteiger partial charge in [0.1, 0.15) is 11.5 Å². The molecule has 0 bridgehead atoms. The largest absolute Gasteiger partial charge is 0.466 e. The number of rotatable bonds is 6. The molecule has 2 rings (SSSR count). The molecule has 0 atom stereocenters. The lowest BCUT2D eigenvalue weighted by Crippen LogP contribution is -2.24. The summed E-state index contributed by atoms with van der Waals surface area (Å²) in [5.74, 6) is 1.77. The van der Waals surface area contributed by atoms with Gasteiger partial charge in [-0.25, -0.2) is 0 Å². The second-order valence-corrected chi connectivity index (χ2v) is 7.35. The van der Waals surface area contributed by atoms with Crippen LogP contribution in [0.15, 0.2) is 39.6 Å². The highest BCUT2D eigenvalue weighted by Crippen LogP contribution is 2.23. The zero-order valence-corrected chi connectivity index (χ0v) is 14.4. The summed E-state index contributed by atoms with van der Waals surface area (Å²) >= 11 is 1.83. The van der Waals surface area contributed by atoms with E-state index in [2.05, 4.69) is 31.3 Å². The van der Waals surface area contributed by atoms with E-state index in [1.807, 2.05) is 43.8 Å². The fourth-order valence-corrected chi connectivity index (χ4v) is 3.10. The van der Waals surface area contributed by atoms with E-state index in [1.165, 1.54) is 4.90 Å². The Kier molecular flexibility index (Phi) is 5.72. The van der Waals surface area contributed by atoms with Crippen LogP contribution in [0.1, 0.15) is 36.5 Å². The number of carbonyl (C=O) groups is 1. The van der Waals surface area contributed by atoms with E-state index in [0.717, 1.165) is 22.6 Å². The summed E-state index contributed by atoms with van der Waals surface area (Å²) in [6.07, 6.45) is 0.405. The number of nitrogens with one attached hydrogen (secondary N) is 1. The van der Waals surface area contributed by atoms with Gasteiger partial charge in [-0.05, 0) is 37.6 Å². The van der Waals surface area contributed by atoms with Crippen molar-refractivity contribution in [1.82, 2.24) is 5.32 Å². The highest BCUT2D eigenvalue weighted by Gasteiger charge is 2.08. The monoisotopic (exact) mass is 317 g/mol. The highest BCUT2D eigenvalue weighted by molar-refractivity contribution is 7.99. The van der Waals surface area contributed by atoms with Crippen molar-refractivity contribution >= 4 is 17.7 Å². The molecule has 1 aromatic heterocycles. The fraction of sp³-hybridized carbons (Fsp3) is 0.389. The van der Waals surface area contributed by atoms with Crippen LogP contribution in [0, 0.1) is 13.8 Å². The fourth-order valence-electron chi connectivity index (χ4n) is 2.26. The Hall–Kier alpha value is -1.68. The van der Waals surface area contributed by atoms with E-state index in [9.17, 15) is 4.79 Å². The molecule has 0 aliphatic heterocycles. The molecule has 0 saturated heterocycles. The van der Waals surface area contributed by atoms with Crippen molar-refractivity contribution in [3.05, 3.63) is 53.0 Å². The van der Waals surface area contributed by atoms with Gasteiger partial charge in [0.25, 0.3) is 0 Å². The van der Waals surface area contributed by atoms with E-state index < -0.39 is 0 Å². The second kappa shape index (κ2) is 7.54. The average molecular weight is 317 g/mol. The quantitative estimate of drug-likeness (QED) is 0.810. The maximum absolute atomic E-state index is 12.0. The van der Waals surface area contributed by atoms with Crippen LogP contribution >= 0.6 is 11.8 Å². The minimum atomic E-state index is 0.0301. The molecule has 0 fully saturated rings. The maximum Gasteiger partial charge on any atom is 0.224 e. The van der Waals surface area contributed by atoms with Crippen LogP contribution in [-0.4, -0.2) is 11.2 Å². The van der Waals surface area contributed by atoms with Gasteiger partial charge in [0.2, 0.25) is 5.91 Å². The minimum absolute atomic E-state index is 0.0301. The minimum Gasteiger partial charge on any atom is -0.466 e. The molecule has 0 spiro atoms. The van der Waals surface area contributed by atoms with Crippen LogP contribution in [0.2, 0.25) is 0 Å². The van der Waals surface area contributed by atoms with Gasteiger partial charge in [-0.1, -0.05) is 26.0 Å². The van der Waals surface area contributed by atoms with E-state index in [1.54, 1.807) is 0 Å². The molecule has 0 saturated carbocycles. The lowest BCUT2D eigenvalue weighted by Gasteiger charge is -2.07. The molecule has 22 heavy (non-hydrogen) atoms. The second-order valence-electron chi connectivity index (χ2n) is 5.70. The molecular weight excluding hydrogens is 294 g/mol. The van der Waals surface area contributed by atoms with E-state index in [0.29, 0.717) is 18.2 Å². The van der Waals surface area contributed by atoms with Crippen molar-refractivity contribution in [3.63, 3.8) is 0 Å². The first-order chi connectivity index (χ1) is 10.4. The Bertz CT molecular complexity index is 629. The molecule has 3 nitrogen and oxygen atoms in total. The van der Waals surface area contributed by atoms with Gasteiger partial charge in [0, 0.05) is 22.3 Å². The number of hydrogen-bond donors (Lipinski definition) is 1. The third kappa shape index (κ3) is 4.95. The Balaban J connectivity index is 1.85.